The molecular weight excluding hydrogens is 260 g/mol. The largest absolute Gasteiger partial charge is 0.865 e. The van der Waals surface area contributed by atoms with Crippen LogP contribution in [0.1, 0.15) is 6.92 Å². The summed E-state index contributed by atoms with van der Waals surface area (Å²) in [5.74, 6) is -4.19. The molecule has 1 heterocycles. The van der Waals surface area contributed by atoms with E-state index in [9.17, 15) is 24.9 Å². The number of rotatable bonds is 4. The van der Waals surface area contributed by atoms with Gasteiger partial charge in [0.1, 0.15) is 18.5 Å². The van der Waals surface area contributed by atoms with Crippen LogP contribution in [0, 0.1) is 0 Å². The van der Waals surface area contributed by atoms with Gasteiger partial charge >= 0.3 is 11.9 Å². The van der Waals surface area contributed by atoms with Crippen LogP contribution in [0.25, 0.3) is 0 Å². The first-order chi connectivity index (χ1) is 8.32. The number of carbonyl (C=O) groups excluding carboxylic acids is 2. The van der Waals surface area contributed by atoms with Crippen molar-refractivity contribution in [1.29, 1.82) is 0 Å². The summed E-state index contributed by atoms with van der Waals surface area (Å²) in [6.45, 7) is 0.909. The molecule has 8 N–H and O–H groups in total. The van der Waals surface area contributed by atoms with Crippen LogP contribution in [0.3, 0.4) is 0 Å². The highest BCUT2D eigenvalue weighted by Crippen LogP contribution is 2.19. The lowest BCUT2D eigenvalue weighted by Gasteiger charge is -2.17. The summed E-state index contributed by atoms with van der Waals surface area (Å²) in [4.78, 5) is 21.8. The Morgan fingerprint density at radius 2 is 2.26 bits per heavy atom. The Hall–Kier alpha value is -2.26. The van der Waals surface area contributed by atoms with Crippen molar-refractivity contribution >= 4 is 11.9 Å². The second kappa shape index (κ2) is 6.61. The second-order valence-electron chi connectivity index (χ2n) is 3.63. The highest BCUT2D eigenvalue weighted by molar-refractivity contribution is 5.88. The van der Waals surface area contributed by atoms with E-state index in [0.29, 0.717) is 0 Å². The smallest absolute Gasteiger partial charge is 0.332 e. The number of hydrogen-bond donors (Lipinski definition) is 4. The summed E-state index contributed by atoms with van der Waals surface area (Å²) in [5.41, 5.74) is 5.43. The summed E-state index contributed by atoms with van der Waals surface area (Å²) in [5, 5.41) is 29.6. The molecular formula is C10H16N2O7. The molecule has 0 aromatic carbocycles. The monoisotopic (exact) mass is 276 g/mol. The van der Waals surface area contributed by atoms with Gasteiger partial charge in [0.05, 0.1) is 0 Å². The van der Waals surface area contributed by atoms with Crippen LogP contribution in [0.2, 0.25) is 0 Å². The Labute approximate surface area is 108 Å². The highest BCUT2D eigenvalue weighted by Gasteiger charge is 2.35. The average molecular weight is 276 g/mol. The van der Waals surface area contributed by atoms with Crippen molar-refractivity contribution in [3.8, 4) is 0 Å². The van der Waals surface area contributed by atoms with Crippen LogP contribution in [0.5, 0.6) is 0 Å². The lowest BCUT2D eigenvalue weighted by Crippen LogP contribution is -2.33. The minimum absolute atomic E-state index is 0. The van der Waals surface area contributed by atoms with Gasteiger partial charge in [0.2, 0.25) is 0 Å². The van der Waals surface area contributed by atoms with E-state index in [2.05, 4.69) is 9.47 Å². The molecule has 0 radical (unpaired) electrons. The molecule has 9 nitrogen and oxygen atoms in total. The zero-order chi connectivity index (χ0) is 13.9. The van der Waals surface area contributed by atoms with Gasteiger partial charge in [-0.05, 0) is 6.92 Å². The van der Waals surface area contributed by atoms with Crippen LogP contribution in [-0.2, 0) is 19.1 Å². The van der Waals surface area contributed by atoms with Crippen LogP contribution in [-0.4, -0.2) is 41.0 Å². The Morgan fingerprint density at radius 3 is 2.68 bits per heavy atom. The lowest BCUT2D eigenvalue weighted by atomic mass is 10.2. The van der Waals surface area contributed by atoms with Gasteiger partial charge < -0.3 is 36.7 Å². The molecule has 0 unspecified atom stereocenters. The van der Waals surface area contributed by atoms with Crippen LogP contribution < -0.4 is 17.0 Å². The van der Waals surface area contributed by atoms with E-state index in [1.54, 1.807) is 0 Å². The fourth-order valence-electron chi connectivity index (χ4n) is 1.20. The van der Waals surface area contributed by atoms with Crippen LogP contribution in [0.4, 0.5) is 0 Å². The predicted molar refractivity (Wildman–Crippen MR) is 60.4 cm³/mol. The molecule has 0 aromatic heterocycles. The van der Waals surface area contributed by atoms with E-state index in [1.165, 1.54) is 6.92 Å². The van der Waals surface area contributed by atoms with Gasteiger partial charge in [0.25, 0.3) is 0 Å². The number of cyclic esters (lactones) is 1. The number of quaternary nitrogens is 1. The summed E-state index contributed by atoms with van der Waals surface area (Å²) in [6.07, 6.45) is -2.06. The molecule has 0 amide bonds. The molecule has 19 heavy (non-hydrogen) atoms. The Balaban J connectivity index is 0.00000324. The number of nitrogens with two attached hydrogens (primary N) is 1. The number of aliphatic hydroxyl groups excluding tert-OH is 2. The molecule has 0 saturated carbocycles. The van der Waals surface area contributed by atoms with E-state index in [4.69, 9.17) is 5.73 Å². The van der Waals surface area contributed by atoms with Gasteiger partial charge in [-0.1, -0.05) is 0 Å². The fraction of sp³-hybridized carbons (Fsp3) is 0.400. The van der Waals surface area contributed by atoms with Gasteiger partial charge in [-0.2, -0.15) is 0 Å². The van der Waals surface area contributed by atoms with E-state index in [0.717, 1.165) is 6.08 Å². The third kappa shape index (κ3) is 4.16. The van der Waals surface area contributed by atoms with Crippen molar-refractivity contribution in [3.05, 3.63) is 23.3 Å². The zero-order valence-corrected chi connectivity index (χ0v) is 10.5. The molecule has 108 valence electrons. The van der Waals surface area contributed by atoms with Gasteiger partial charge in [-0.15, -0.1) is 0 Å². The first kappa shape index (κ1) is 16.7. The SMILES string of the molecule is C/C(N)=C/C(=O)OC[C@@H](O)[C@H]1OC(=O)C([O-])=C1O.[NH4+]. The number of carbonyl (C=O) groups is 2. The topological polar surface area (TPSA) is 179 Å². The van der Waals surface area contributed by atoms with Gasteiger partial charge in [-0.3, -0.25) is 0 Å². The summed E-state index contributed by atoms with van der Waals surface area (Å²) in [7, 11) is 0. The third-order valence-corrected chi connectivity index (χ3v) is 2.01. The molecule has 9 heteroatoms. The van der Waals surface area contributed by atoms with Gasteiger partial charge in [0, 0.05) is 17.5 Å². The lowest BCUT2D eigenvalue weighted by molar-refractivity contribution is -0.303. The van der Waals surface area contributed by atoms with Crippen LogP contribution >= 0.6 is 0 Å². The Morgan fingerprint density at radius 1 is 1.68 bits per heavy atom. The molecule has 1 rings (SSSR count). The van der Waals surface area contributed by atoms with E-state index in [-0.39, 0.29) is 11.8 Å². The maximum atomic E-state index is 11.0. The van der Waals surface area contributed by atoms with Crippen molar-refractivity contribution < 1.29 is 34.4 Å². The van der Waals surface area contributed by atoms with Crippen molar-refractivity contribution in [2.45, 2.75) is 19.1 Å². The Kier molecular flexibility index (Phi) is 5.83. The maximum Gasteiger partial charge on any atom is 0.332 e. The molecule has 0 bridgehead atoms. The molecule has 0 fully saturated rings. The summed E-state index contributed by atoms with van der Waals surface area (Å²) in [6, 6.07) is 0. The van der Waals surface area contributed by atoms with Crippen molar-refractivity contribution in [2.75, 3.05) is 6.61 Å². The molecule has 2 atom stereocenters. The van der Waals surface area contributed by atoms with Crippen LogP contribution in [0.15, 0.2) is 23.3 Å². The minimum Gasteiger partial charge on any atom is -0.865 e. The Bertz CT molecular complexity index is 426. The van der Waals surface area contributed by atoms with Crippen molar-refractivity contribution in [2.24, 2.45) is 5.73 Å². The molecule has 0 saturated heterocycles. The first-order valence-electron chi connectivity index (χ1n) is 4.92. The molecule has 0 spiro atoms. The summed E-state index contributed by atoms with van der Waals surface area (Å²) < 4.78 is 8.98. The van der Waals surface area contributed by atoms with Gasteiger partial charge in [0.15, 0.2) is 6.10 Å². The molecule has 0 aliphatic carbocycles. The third-order valence-electron chi connectivity index (χ3n) is 2.01. The zero-order valence-electron chi connectivity index (χ0n) is 10.5. The fourth-order valence-corrected chi connectivity index (χ4v) is 1.20. The highest BCUT2D eigenvalue weighted by atomic mass is 16.6. The number of allylic oxidation sites excluding steroid dienone is 1. The van der Waals surface area contributed by atoms with E-state index < -0.39 is 42.3 Å². The van der Waals surface area contributed by atoms with Gasteiger partial charge in [-0.25, -0.2) is 9.59 Å². The molecule has 1 aliphatic heterocycles. The van der Waals surface area contributed by atoms with Crippen molar-refractivity contribution in [3.63, 3.8) is 0 Å². The number of hydrogen-bond acceptors (Lipinski definition) is 8. The average Bonchev–Trinajstić information content (AvgIpc) is 2.53. The molecule has 1 aliphatic rings. The predicted octanol–water partition coefficient (Wildman–Crippen LogP) is -1.82. The number of esters is 2. The molecule has 0 aromatic rings. The normalized spacial score (nSPS) is 20.6. The first-order valence-corrected chi connectivity index (χ1v) is 4.92. The number of aliphatic hydroxyl groups is 2. The van der Waals surface area contributed by atoms with E-state index in [1.807, 2.05) is 0 Å². The summed E-state index contributed by atoms with van der Waals surface area (Å²) >= 11 is 0. The van der Waals surface area contributed by atoms with E-state index >= 15 is 0 Å². The number of ether oxygens (including phenoxy) is 2. The van der Waals surface area contributed by atoms with Crippen molar-refractivity contribution in [1.82, 2.24) is 6.15 Å². The minimum atomic E-state index is -1.53. The quantitative estimate of drug-likeness (QED) is 0.342. The second-order valence-corrected chi connectivity index (χ2v) is 3.63. The standard InChI is InChI=1S/C10H13NO7.H3N/c1-4(11)2-6(13)17-3-5(12)9-7(14)8(15)10(16)18-9;/h2,5,9,12,14-15H,3,11H2,1H3;1H3/b4-2-;/t5-,9-;/m1./s1. The maximum absolute atomic E-state index is 11.0.